The predicted molar refractivity (Wildman–Crippen MR) is 107 cm³/mol. The van der Waals surface area contributed by atoms with Crippen molar-refractivity contribution in [3.63, 3.8) is 0 Å². The first-order valence-corrected chi connectivity index (χ1v) is 9.49. The van der Waals surface area contributed by atoms with Crippen molar-refractivity contribution in [3.8, 4) is 0 Å². The molecule has 0 aliphatic carbocycles. The van der Waals surface area contributed by atoms with E-state index in [4.69, 9.17) is 23.7 Å². The van der Waals surface area contributed by atoms with Crippen LogP contribution in [0.15, 0.2) is 73.3 Å². The van der Waals surface area contributed by atoms with Gasteiger partial charge in [0.1, 0.15) is 18.3 Å². The maximum Gasteiger partial charge on any atom is 0.186 e. The maximum atomic E-state index is 6.20. The highest BCUT2D eigenvalue weighted by atomic mass is 16.7. The van der Waals surface area contributed by atoms with Crippen LogP contribution in [0.4, 0.5) is 0 Å². The van der Waals surface area contributed by atoms with E-state index in [0.29, 0.717) is 26.4 Å². The van der Waals surface area contributed by atoms with Gasteiger partial charge in [0.05, 0.1) is 26.4 Å². The van der Waals surface area contributed by atoms with E-state index in [1.807, 2.05) is 60.7 Å². The van der Waals surface area contributed by atoms with Crippen LogP contribution in [0.25, 0.3) is 0 Å². The average Bonchev–Trinajstić information content (AvgIpc) is 3.08. The quantitative estimate of drug-likeness (QED) is 0.553. The molecule has 0 spiro atoms. The summed E-state index contributed by atoms with van der Waals surface area (Å²) in [6, 6.07) is 20.1. The second-order valence-corrected chi connectivity index (χ2v) is 6.63. The van der Waals surface area contributed by atoms with E-state index in [-0.39, 0.29) is 18.3 Å². The Balaban J connectivity index is 1.63. The van der Waals surface area contributed by atoms with Gasteiger partial charge in [0.15, 0.2) is 6.29 Å². The Kier molecular flexibility index (Phi) is 8.21. The highest BCUT2D eigenvalue weighted by molar-refractivity contribution is 5.14. The van der Waals surface area contributed by atoms with Gasteiger partial charge in [-0.1, -0.05) is 66.7 Å². The highest BCUT2D eigenvalue weighted by Gasteiger charge is 2.46. The number of benzene rings is 2. The minimum absolute atomic E-state index is 0.285. The van der Waals surface area contributed by atoms with Gasteiger partial charge in [0.2, 0.25) is 0 Å². The van der Waals surface area contributed by atoms with Gasteiger partial charge in [-0.05, 0) is 11.1 Å². The molecule has 0 unspecified atom stereocenters. The van der Waals surface area contributed by atoms with E-state index >= 15 is 0 Å². The zero-order valence-electron chi connectivity index (χ0n) is 16.2. The fourth-order valence-corrected chi connectivity index (χ4v) is 3.21. The molecule has 0 amide bonds. The number of ether oxygens (including phenoxy) is 5. The molecule has 2 aromatic carbocycles. The zero-order chi connectivity index (χ0) is 19.6. The van der Waals surface area contributed by atoms with Crippen molar-refractivity contribution in [2.75, 3.05) is 20.3 Å². The van der Waals surface area contributed by atoms with Gasteiger partial charge in [-0.3, -0.25) is 0 Å². The third kappa shape index (κ3) is 5.74. The van der Waals surface area contributed by atoms with Gasteiger partial charge >= 0.3 is 0 Å². The van der Waals surface area contributed by atoms with Crippen molar-refractivity contribution >= 4 is 0 Å². The highest BCUT2D eigenvalue weighted by Crippen LogP contribution is 2.28. The second-order valence-electron chi connectivity index (χ2n) is 6.63. The molecule has 0 N–H and O–H groups in total. The molecule has 1 aliphatic heterocycles. The molecule has 3 rings (SSSR count). The molecule has 0 saturated carbocycles. The van der Waals surface area contributed by atoms with Crippen LogP contribution < -0.4 is 0 Å². The summed E-state index contributed by atoms with van der Waals surface area (Å²) in [4.78, 5) is 0. The molecule has 1 saturated heterocycles. The third-order valence-electron chi connectivity index (χ3n) is 4.59. The number of methoxy groups -OCH3 is 1. The van der Waals surface area contributed by atoms with Crippen LogP contribution in [0.3, 0.4) is 0 Å². The molecule has 5 heteroatoms. The number of rotatable bonds is 11. The van der Waals surface area contributed by atoms with Crippen LogP contribution in [0.2, 0.25) is 0 Å². The first kappa shape index (κ1) is 20.7. The zero-order valence-corrected chi connectivity index (χ0v) is 16.2. The van der Waals surface area contributed by atoms with Gasteiger partial charge in [0.25, 0.3) is 0 Å². The smallest absolute Gasteiger partial charge is 0.186 e. The Bertz CT molecular complexity index is 691. The van der Waals surface area contributed by atoms with Crippen molar-refractivity contribution in [1.82, 2.24) is 0 Å². The van der Waals surface area contributed by atoms with Crippen LogP contribution in [0, 0.1) is 0 Å². The van der Waals surface area contributed by atoms with Crippen molar-refractivity contribution in [1.29, 1.82) is 0 Å². The van der Waals surface area contributed by atoms with Gasteiger partial charge in [0, 0.05) is 7.11 Å². The summed E-state index contributed by atoms with van der Waals surface area (Å²) < 4.78 is 29.5. The van der Waals surface area contributed by atoms with Gasteiger partial charge in [-0.2, -0.15) is 0 Å². The molecule has 1 fully saturated rings. The Labute approximate surface area is 166 Å². The molecule has 5 nitrogen and oxygen atoms in total. The number of hydrogen-bond donors (Lipinski definition) is 0. The standard InChI is InChI=1S/C23H28O5/c1-3-14-26-22-21(27-16-19-12-8-5-9-13-19)20(28-23(22)24-2)17-25-15-18-10-6-4-7-11-18/h3-13,20-23H,1,14-17H2,2H3/t20-,21-,22-,23-/m1/s1. The lowest BCUT2D eigenvalue weighted by Gasteiger charge is -2.24. The lowest BCUT2D eigenvalue weighted by molar-refractivity contribution is -0.165. The van der Waals surface area contributed by atoms with Crippen molar-refractivity contribution in [2.45, 2.75) is 37.8 Å². The van der Waals surface area contributed by atoms with E-state index in [0.717, 1.165) is 11.1 Å². The summed E-state index contributed by atoms with van der Waals surface area (Å²) in [5.41, 5.74) is 2.21. The first-order chi connectivity index (χ1) is 13.8. The fraction of sp³-hybridized carbons (Fsp3) is 0.391. The van der Waals surface area contributed by atoms with Crippen molar-refractivity contribution in [3.05, 3.63) is 84.4 Å². The maximum absolute atomic E-state index is 6.20. The van der Waals surface area contributed by atoms with Crippen molar-refractivity contribution in [2.24, 2.45) is 0 Å². The second kappa shape index (κ2) is 11.1. The van der Waals surface area contributed by atoms with Gasteiger partial charge in [-0.15, -0.1) is 6.58 Å². The largest absolute Gasteiger partial charge is 0.374 e. The van der Waals surface area contributed by atoms with Gasteiger partial charge < -0.3 is 23.7 Å². The van der Waals surface area contributed by atoms with E-state index in [9.17, 15) is 0 Å². The summed E-state index contributed by atoms with van der Waals surface area (Å²) in [5, 5.41) is 0. The monoisotopic (exact) mass is 384 g/mol. The summed E-state index contributed by atoms with van der Waals surface area (Å²) in [5.74, 6) is 0. The molecule has 1 aliphatic rings. The molecular formula is C23H28O5. The van der Waals surface area contributed by atoms with Crippen LogP contribution in [0.5, 0.6) is 0 Å². The minimum atomic E-state index is -0.508. The van der Waals surface area contributed by atoms with E-state index in [1.54, 1.807) is 13.2 Å². The van der Waals surface area contributed by atoms with Crippen LogP contribution in [0.1, 0.15) is 11.1 Å². The molecule has 0 bridgehead atoms. The minimum Gasteiger partial charge on any atom is -0.374 e. The van der Waals surface area contributed by atoms with Gasteiger partial charge in [-0.25, -0.2) is 0 Å². The molecular weight excluding hydrogens is 356 g/mol. The molecule has 28 heavy (non-hydrogen) atoms. The Morgan fingerprint density at radius 2 is 1.54 bits per heavy atom. The Hall–Kier alpha value is -2.02. The lowest BCUT2D eigenvalue weighted by Crippen LogP contribution is -2.39. The van der Waals surface area contributed by atoms with Crippen LogP contribution in [-0.2, 0) is 36.9 Å². The van der Waals surface area contributed by atoms with E-state index in [2.05, 4.69) is 6.58 Å². The SMILES string of the molecule is C=CCO[C@H]1[C@H](OC)O[C@H](COCc2ccccc2)[C@H]1OCc1ccccc1. The summed E-state index contributed by atoms with van der Waals surface area (Å²) in [6.45, 7) is 5.49. The molecule has 2 aromatic rings. The van der Waals surface area contributed by atoms with E-state index in [1.165, 1.54) is 0 Å². The summed E-state index contributed by atoms with van der Waals surface area (Å²) in [7, 11) is 1.61. The molecule has 1 heterocycles. The molecule has 4 atom stereocenters. The average molecular weight is 384 g/mol. The molecule has 0 aromatic heterocycles. The summed E-state index contributed by atoms with van der Waals surface area (Å²) in [6.07, 6.45) is 0.261. The Morgan fingerprint density at radius 3 is 2.14 bits per heavy atom. The summed E-state index contributed by atoms with van der Waals surface area (Å²) >= 11 is 0. The van der Waals surface area contributed by atoms with Crippen LogP contribution in [-0.4, -0.2) is 44.9 Å². The third-order valence-corrected chi connectivity index (χ3v) is 4.59. The predicted octanol–water partition coefficient (Wildman–Crippen LogP) is 3.73. The molecule has 0 radical (unpaired) electrons. The lowest BCUT2D eigenvalue weighted by atomic mass is 10.1. The van der Waals surface area contributed by atoms with Crippen LogP contribution >= 0.6 is 0 Å². The Morgan fingerprint density at radius 1 is 0.893 bits per heavy atom. The topological polar surface area (TPSA) is 46.2 Å². The molecule has 150 valence electrons. The normalized spacial score (nSPS) is 24.3. The first-order valence-electron chi connectivity index (χ1n) is 9.49. The van der Waals surface area contributed by atoms with E-state index < -0.39 is 6.29 Å². The number of hydrogen-bond acceptors (Lipinski definition) is 5. The fourth-order valence-electron chi connectivity index (χ4n) is 3.21. The van der Waals surface area contributed by atoms with Crippen molar-refractivity contribution < 1.29 is 23.7 Å².